The fourth-order valence-electron chi connectivity index (χ4n) is 3.16. The van der Waals surface area contributed by atoms with Gasteiger partial charge in [0.2, 0.25) is 0 Å². The van der Waals surface area contributed by atoms with E-state index in [1.54, 1.807) is 10.9 Å². The molecule has 0 saturated carbocycles. The molecule has 3 rings (SSSR count). The summed E-state index contributed by atoms with van der Waals surface area (Å²) >= 11 is 0. The highest BCUT2D eigenvalue weighted by molar-refractivity contribution is 5.12. The highest BCUT2D eigenvalue weighted by Crippen LogP contribution is 2.20. The van der Waals surface area contributed by atoms with Gasteiger partial charge in [0.25, 0.3) is 5.56 Å². The van der Waals surface area contributed by atoms with Crippen LogP contribution in [0.5, 0.6) is 0 Å². The van der Waals surface area contributed by atoms with E-state index in [2.05, 4.69) is 20.9 Å². The van der Waals surface area contributed by atoms with Crippen molar-refractivity contribution in [3.63, 3.8) is 0 Å². The molecule has 5 nitrogen and oxygen atoms in total. The van der Waals surface area contributed by atoms with E-state index in [-0.39, 0.29) is 5.56 Å². The Labute approximate surface area is 137 Å². The van der Waals surface area contributed by atoms with E-state index in [1.165, 1.54) is 5.56 Å². The topological polar surface area (TPSA) is 51.0 Å². The Kier molecular flexibility index (Phi) is 4.86. The molecule has 122 valence electrons. The largest absolute Gasteiger partial charge is 0.299 e. The molecule has 3 heterocycles. The van der Waals surface area contributed by atoms with Crippen molar-refractivity contribution in [2.24, 2.45) is 5.92 Å². The van der Waals surface area contributed by atoms with Gasteiger partial charge in [0.1, 0.15) is 0 Å². The summed E-state index contributed by atoms with van der Waals surface area (Å²) in [6.45, 7) is 7.65. The summed E-state index contributed by atoms with van der Waals surface area (Å²) in [6, 6.07) is 4.11. The normalized spacial score (nSPS) is 16.6. The molecule has 1 saturated heterocycles. The predicted molar refractivity (Wildman–Crippen MR) is 90.2 cm³/mol. The van der Waals surface area contributed by atoms with Crippen LogP contribution in [0.2, 0.25) is 0 Å². The van der Waals surface area contributed by atoms with Crippen LogP contribution in [-0.4, -0.2) is 32.5 Å². The van der Waals surface area contributed by atoms with Gasteiger partial charge in [-0.3, -0.25) is 19.2 Å². The van der Waals surface area contributed by atoms with Crippen LogP contribution in [0.4, 0.5) is 0 Å². The summed E-state index contributed by atoms with van der Waals surface area (Å²) in [7, 11) is 0. The molecule has 0 atom stereocenters. The minimum atomic E-state index is 0.107. The first-order valence-electron chi connectivity index (χ1n) is 8.27. The van der Waals surface area contributed by atoms with Crippen molar-refractivity contribution in [2.45, 2.75) is 39.8 Å². The van der Waals surface area contributed by atoms with Gasteiger partial charge in [0.05, 0.1) is 6.33 Å². The number of aromatic nitrogens is 3. The number of likely N-dealkylation sites (tertiary alicyclic amines) is 1. The fourth-order valence-corrected chi connectivity index (χ4v) is 3.16. The Balaban J connectivity index is 1.55. The zero-order valence-corrected chi connectivity index (χ0v) is 13.9. The van der Waals surface area contributed by atoms with Crippen LogP contribution in [-0.2, 0) is 13.1 Å². The summed E-state index contributed by atoms with van der Waals surface area (Å²) in [5.74, 6) is 0.557. The Morgan fingerprint density at radius 2 is 2.04 bits per heavy atom. The number of rotatable bonds is 4. The van der Waals surface area contributed by atoms with E-state index in [1.807, 2.05) is 32.3 Å². The van der Waals surface area contributed by atoms with Crippen molar-refractivity contribution in [3.05, 3.63) is 58.0 Å². The van der Waals surface area contributed by atoms with Gasteiger partial charge in [-0.2, -0.15) is 0 Å². The van der Waals surface area contributed by atoms with Crippen molar-refractivity contribution in [2.75, 3.05) is 13.1 Å². The number of piperidine rings is 1. The maximum absolute atomic E-state index is 12.3. The molecule has 1 aliphatic rings. The van der Waals surface area contributed by atoms with Crippen molar-refractivity contribution in [3.8, 4) is 0 Å². The Morgan fingerprint density at radius 1 is 1.26 bits per heavy atom. The smallest absolute Gasteiger partial charge is 0.256 e. The summed E-state index contributed by atoms with van der Waals surface area (Å²) in [4.78, 5) is 23.2. The van der Waals surface area contributed by atoms with E-state index in [0.29, 0.717) is 5.92 Å². The molecule has 1 fully saturated rings. The van der Waals surface area contributed by atoms with Crippen LogP contribution in [0.1, 0.15) is 29.7 Å². The standard InChI is InChI=1S/C18H24N4O/c1-14-15(2)20-13-22(18(14)23)12-16-5-8-21(9-6-16)11-17-4-3-7-19-10-17/h3-4,7,10,13,16H,5-6,8-9,11-12H2,1-2H3. The lowest BCUT2D eigenvalue weighted by atomic mass is 9.96. The van der Waals surface area contributed by atoms with E-state index in [0.717, 1.165) is 50.3 Å². The second-order valence-corrected chi connectivity index (χ2v) is 6.49. The minimum absolute atomic E-state index is 0.107. The molecule has 0 bridgehead atoms. The van der Waals surface area contributed by atoms with Crippen LogP contribution in [0.15, 0.2) is 35.6 Å². The zero-order chi connectivity index (χ0) is 16.2. The van der Waals surface area contributed by atoms with Crippen LogP contribution >= 0.6 is 0 Å². The van der Waals surface area contributed by atoms with Gasteiger partial charge in [-0.15, -0.1) is 0 Å². The number of hydrogen-bond acceptors (Lipinski definition) is 4. The third kappa shape index (κ3) is 3.85. The van der Waals surface area contributed by atoms with Crippen LogP contribution < -0.4 is 5.56 Å². The Morgan fingerprint density at radius 3 is 2.74 bits per heavy atom. The first-order chi connectivity index (χ1) is 11.1. The molecule has 0 N–H and O–H groups in total. The summed E-state index contributed by atoms with van der Waals surface area (Å²) < 4.78 is 1.78. The van der Waals surface area contributed by atoms with E-state index in [4.69, 9.17) is 0 Å². The van der Waals surface area contributed by atoms with Crippen LogP contribution in [0.3, 0.4) is 0 Å². The molecule has 0 aromatic carbocycles. The molecule has 0 unspecified atom stereocenters. The highest BCUT2D eigenvalue weighted by atomic mass is 16.1. The fraction of sp³-hybridized carbons (Fsp3) is 0.500. The lowest BCUT2D eigenvalue weighted by Gasteiger charge is -2.32. The summed E-state index contributed by atoms with van der Waals surface area (Å²) in [5, 5.41) is 0. The van der Waals surface area contributed by atoms with Gasteiger partial charge in [-0.1, -0.05) is 6.07 Å². The molecule has 0 radical (unpaired) electrons. The van der Waals surface area contributed by atoms with Gasteiger partial charge in [-0.05, 0) is 57.3 Å². The first-order valence-corrected chi connectivity index (χ1v) is 8.27. The molecular formula is C18H24N4O. The van der Waals surface area contributed by atoms with E-state index >= 15 is 0 Å². The Bertz CT molecular complexity index is 703. The lowest BCUT2D eigenvalue weighted by molar-refractivity contribution is 0.166. The second kappa shape index (κ2) is 7.04. The zero-order valence-electron chi connectivity index (χ0n) is 13.9. The average Bonchev–Trinajstić information content (AvgIpc) is 2.58. The SMILES string of the molecule is Cc1ncn(CC2CCN(Cc3cccnc3)CC2)c(=O)c1C. The van der Waals surface area contributed by atoms with Gasteiger partial charge in [0.15, 0.2) is 0 Å². The van der Waals surface area contributed by atoms with Crippen LogP contribution in [0, 0.1) is 19.8 Å². The third-order valence-electron chi connectivity index (χ3n) is 4.81. The van der Waals surface area contributed by atoms with Crippen molar-refractivity contribution >= 4 is 0 Å². The highest BCUT2D eigenvalue weighted by Gasteiger charge is 2.20. The monoisotopic (exact) mass is 312 g/mol. The number of hydrogen-bond donors (Lipinski definition) is 0. The quantitative estimate of drug-likeness (QED) is 0.868. The molecule has 1 aliphatic heterocycles. The van der Waals surface area contributed by atoms with Gasteiger partial charge < -0.3 is 0 Å². The molecule has 0 aliphatic carbocycles. The molecule has 23 heavy (non-hydrogen) atoms. The average molecular weight is 312 g/mol. The summed E-state index contributed by atoms with van der Waals surface area (Å²) in [6.07, 6.45) is 7.70. The van der Waals surface area contributed by atoms with Gasteiger partial charge in [0, 0.05) is 36.7 Å². The molecule has 0 spiro atoms. The van der Waals surface area contributed by atoms with Crippen molar-refractivity contribution < 1.29 is 0 Å². The first kappa shape index (κ1) is 15.9. The number of pyridine rings is 1. The van der Waals surface area contributed by atoms with E-state index in [9.17, 15) is 4.79 Å². The predicted octanol–water partition coefficient (Wildman–Crippen LogP) is 2.17. The molecule has 2 aromatic heterocycles. The third-order valence-corrected chi connectivity index (χ3v) is 4.81. The summed E-state index contributed by atoms with van der Waals surface area (Å²) in [5.41, 5.74) is 2.97. The molecule has 0 amide bonds. The molecular weight excluding hydrogens is 288 g/mol. The molecule has 5 heteroatoms. The maximum atomic E-state index is 12.3. The van der Waals surface area contributed by atoms with Gasteiger partial charge >= 0.3 is 0 Å². The molecule has 2 aromatic rings. The van der Waals surface area contributed by atoms with Crippen LogP contribution in [0.25, 0.3) is 0 Å². The second-order valence-electron chi connectivity index (χ2n) is 6.49. The minimum Gasteiger partial charge on any atom is -0.299 e. The van der Waals surface area contributed by atoms with Crippen molar-refractivity contribution in [1.82, 2.24) is 19.4 Å². The number of nitrogens with zero attached hydrogens (tertiary/aromatic N) is 4. The van der Waals surface area contributed by atoms with E-state index < -0.39 is 0 Å². The lowest BCUT2D eigenvalue weighted by Crippen LogP contribution is -2.36. The maximum Gasteiger partial charge on any atom is 0.256 e. The number of aryl methyl sites for hydroxylation is 1. The van der Waals surface area contributed by atoms with Crippen molar-refractivity contribution in [1.29, 1.82) is 0 Å². The van der Waals surface area contributed by atoms with Gasteiger partial charge in [-0.25, -0.2) is 4.98 Å². The Hall–Kier alpha value is -2.01.